The van der Waals surface area contributed by atoms with Crippen molar-refractivity contribution in [3.63, 3.8) is 0 Å². The highest BCUT2D eigenvalue weighted by Crippen LogP contribution is 2.44. The van der Waals surface area contributed by atoms with Crippen molar-refractivity contribution < 1.29 is 32.9 Å². The van der Waals surface area contributed by atoms with Crippen LogP contribution in [0.1, 0.15) is 50.8 Å². The highest BCUT2D eigenvalue weighted by molar-refractivity contribution is 5.49. The van der Waals surface area contributed by atoms with Crippen LogP contribution in [0.4, 0.5) is 13.2 Å². The van der Waals surface area contributed by atoms with Gasteiger partial charge in [0.05, 0.1) is 13.2 Å². The molecule has 2 heterocycles. The van der Waals surface area contributed by atoms with E-state index in [0.29, 0.717) is 12.2 Å². The molecule has 1 aromatic carbocycles. The summed E-state index contributed by atoms with van der Waals surface area (Å²) in [6.07, 6.45) is -5.38. The molecule has 170 valence electrons. The summed E-state index contributed by atoms with van der Waals surface area (Å²) in [6.45, 7) is 7.29. The third-order valence-electron chi connectivity index (χ3n) is 6.02. The number of piperidine rings is 1. The molecule has 1 fully saturated rings. The second-order valence-electron chi connectivity index (χ2n) is 9.66. The number of nitrogens with zero attached hydrogens (tertiary/aromatic N) is 1. The van der Waals surface area contributed by atoms with Crippen molar-refractivity contribution in [3.05, 3.63) is 23.3 Å². The predicted molar refractivity (Wildman–Crippen MR) is 107 cm³/mol. The summed E-state index contributed by atoms with van der Waals surface area (Å²) in [6, 6.07) is 3.56. The number of hydrogen-bond acceptors (Lipinski definition) is 5. The molecular formula is C22H32F3NO4. The number of hydrogen-bond donors (Lipinski definition) is 2. The van der Waals surface area contributed by atoms with Crippen molar-refractivity contribution >= 4 is 0 Å². The standard InChI is InChI=1S/C22H32F3NO4/c1-21(2,3)10-14-11-26-6-5-13-7-19(30-12-20(28)22(23,24)25)18(29-4)8-15(13)16(26)9-17(14)27/h7-8,14,16-17,20,27-28H,5-6,9-12H2,1-4H3/t14-,16-,17-,20?/m1/s1. The molecule has 2 N–H and O–H groups in total. The molecule has 0 saturated carbocycles. The first-order chi connectivity index (χ1) is 13.9. The van der Waals surface area contributed by atoms with Crippen LogP contribution in [-0.2, 0) is 6.42 Å². The van der Waals surface area contributed by atoms with Gasteiger partial charge >= 0.3 is 6.18 Å². The summed E-state index contributed by atoms with van der Waals surface area (Å²) in [5.74, 6) is 0.738. The minimum atomic E-state index is -4.73. The van der Waals surface area contributed by atoms with Gasteiger partial charge in [-0.25, -0.2) is 0 Å². The van der Waals surface area contributed by atoms with E-state index < -0.39 is 25.0 Å². The first kappa shape index (κ1) is 23.2. The van der Waals surface area contributed by atoms with Crippen LogP contribution in [0.3, 0.4) is 0 Å². The summed E-state index contributed by atoms with van der Waals surface area (Å²) >= 11 is 0. The zero-order chi connectivity index (χ0) is 22.3. The average Bonchev–Trinajstić information content (AvgIpc) is 2.64. The zero-order valence-corrected chi connectivity index (χ0v) is 18.0. The molecular weight excluding hydrogens is 399 g/mol. The first-order valence-electron chi connectivity index (χ1n) is 10.4. The lowest BCUT2D eigenvalue weighted by atomic mass is 9.75. The second-order valence-corrected chi connectivity index (χ2v) is 9.66. The highest BCUT2D eigenvalue weighted by Gasteiger charge is 2.41. The van der Waals surface area contributed by atoms with E-state index in [9.17, 15) is 23.4 Å². The summed E-state index contributed by atoms with van der Waals surface area (Å²) in [7, 11) is 1.43. The average molecular weight is 431 g/mol. The van der Waals surface area contributed by atoms with Gasteiger partial charge in [-0.3, -0.25) is 4.90 Å². The molecule has 0 aliphatic carbocycles. The molecule has 1 aromatic rings. The van der Waals surface area contributed by atoms with Gasteiger partial charge in [0, 0.05) is 19.1 Å². The van der Waals surface area contributed by atoms with Crippen LogP contribution in [0.15, 0.2) is 12.1 Å². The van der Waals surface area contributed by atoms with Gasteiger partial charge in [0.2, 0.25) is 0 Å². The van der Waals surface area contributed by atoms with Crippen molar-refractivity contribution in [2.75, 3.05) is 26.8 Å². The van der Waals surface area contributed by atoms with Crippen LogP contribution in [0.25, 0.3) is 0 Å². The topological polar surface area (TPSA) is 62.2 Å². The predicted octanol–water partition coefficient (Wildman–Crippen LogP) is 3.71. The van der Waals surface area contributed by atoms with E-state index in [1.54, 1.807) is 12.1 Å². The Bertz CT molecular complexity index is 747. The molecule has 0 bridgehead atoms. The maximum atomic E-state index is 12.6. The zero-order valence-electron chi connectivity index (χ0n) is 18.0. The van der Waals surface area contributed by atoms with Gasteiger partial charge < -0.3 is 19.7 Å². The Morgan fingerprint density at radius 3 is 2.50 bits per heavy atom. The van der Waals surface area contributed by atoms with E-state index >= 15 is 0 Å². The third kappa shape index (κ3) is 5.21. The molecule has 3 rings (SSSR count). The molecule has 2 aliphatic rings. The smallest absolute Gasteiger partial charge is 0.417 e. The van der Waals surface area contributed by atoms with E-state index in [4.69, 9.17) is 9.47 Å². The number of alkyl halides is 3. The van der Waals surface area contributed by atoms with E-state index in [0.717, 1.165) is 37.1 Å². The van der Waals surface area contributed by atoms with Crippen molar-refractivity contribution in [1.82, 2.24) is 4.90 Å². The lowest BCUT2D eigenvalue weighted by molar-refractivity contribution is -0.210. The van der Waals surface area contributed by atoms with Gasteiger partial charge in [0.1, 0.15) is 6.61 Å². The Balaban J connectivity index is 1.79. The fourth-order valence-corrected chi connectivity index (χ4v) is 4.62. The largest absolute Gasteiger partial charge is 0.493 e. The van der Waals surface area contributed by atoms with E-state index in [1.807, 2.05) is 0 Å². The maximum Gasteiger partial charge on any atom is 0.417 e. The summed E-state index contributed by atoms with van der Waals surface area (Å²) in [5.41, 5.74) is 2.15. The Kier molecular flexibility index (Phi) is 6.60. The molecule has 4 atom stereocenters. The number of ether oxygens (including phenoxy) is 2. The number of rotatable bonds is 5. The molecule has 0 radical (unpaired) electrons. The van der Waals surface area contributed by atoms with Gasteiger partial charge in [0.25, 0.3) is 0 Å². The van der Waals surface area contributed by atoms with Crippen molar-refractivity contribution in [3.8, 4) is 11.5 Å². The minimum Gasteiger partial charge on any atom is -0.493 e. The Morgan fingerprint density at radius 1 is 1.20 bits per heavy atom. The maximum absolute atomic E-state index is 12.6. The molecule has 0 aromatic heterocycles. The fourth-order valence-electron chi connectivity index (χ4n) is 4.62. The van der Waals surface area contributed by atoms with E-state index in [1.165, 1.54) is 7.11 Å². The first-order valence-corrected chi connectivity index (χ1v) is 10.4. The lowest BCUT2D eigenvalue weighted by Crippen LogP contribution is -2.48. The number of fused-ring (bicyclic) bond motifs is 3. The SMILES string of the molecule is COc1cc2c(cc1OCC(O)C(F)(F)F)CCN1C[C@@H](CC(C)(C)C)[C@H](O)C[C@H]21. The molecule has 1 unspecified atom stereocenters. The van der Waals surface area contributed by atoms with Gasteiger partial charge in [-0.15, -0.1) is 0 Å². The highest BCUT2D eigenvalue weighted by atomic mass is 19.4. The van der Waals surface area contributed by atoms with Gasteiger partial charge in [-0.2, -0.15) is 13.2 Å². The van der Waals surface area contributed by atoms with Crippen LogP contribution in [-0.4, -0.2) is 60.3 Å². The molecule has 8 heteroatoms. The number of aliphatic hydroxyl groups is 2. The Labute approximate surface area is 175 Å². The van der Waals surface area contributed by atoms with E-state index in [-0.39, 0.29) is 23.1 Å². The molecule has 1 saturated heterocycles. The molecule has 0 amide bonds. The quantitative estimate of drug-likeness (QED) is 0.744. The van der Waals surface area contributed by atoms with Crippen LogP contribution in [0.5, 0.6) is 11.5 Å². The minimum absolute atomic E-state index is 0.0451. The summed E-state index contributed by atoms with van der Waals surface area (Å²) < 4.78 is 48.3. The molecule has 2 aliphatic heterocycles. The van der Waals surface area contributed by atoms with Crippen LogP contribution in [0, 0.1) is 11.3 Å². The molecule has 5 nitrogen and oxygen atoms in total. The van der Waals surface area contributed by atoms with Crippen molar-refractivity contribution in [2.45, 2.75) is 64.5 Å². The number of benzene rings is 1. The Morgan fingerprint density at radius 2 is 1.90 bits per heavy atom. The summed E-state index contributed by atoms with van der Waals surface area (Å²) in [4.78, 5) is 2.39. The van der Waals surface area contributed by atoms with Crippen molar-refractivity contribution in [1.29, 1.82) is 0 Å². The summed E-state index contributed by atoms with van der Waals surface area (Å²) in [5, 5.41) is 20.0. The van der Waals surface area contributed by atoms with Crippen molar-refractivity contribution in [2.24, 2.45) is 11.3 Å². The van der Waals surface area contributed by atoms with Gasteiger partial charge in [-0.05, 0) is 53.9 Å². The second kappa shape index (κ2) is 8.55. The number of halogens is 3. The molecule has 0 spiro atoms. The third-order valence-corrected chi connectivity index (χ3v) is 6.02. The van der Waals surface area contributed by atoms with Crippen LogP contribution in [0.2, 0.25) is 0 Å². The number of methoxy groups -OCH3 is 1. The molecule has 30 heavy (non-hydrogen) atoms. The Hall–Kier alpha value is -1.51. The lowest BCUT2D eigenvalue weighted by Gasteiger charge is -2.47. The fraction of sp³-hybridized carbons (Fsp3) is 0.727. The van der Waals surface area contributed by atoms with Crippen LogP contribution >= 0.6 is 0 Å². The monoisotopic (exact) mass is 431 g/mol. The normalized spacial score (nSPS) is 26.0. The van der Waals surface area contributed by atoms with E-state index in [2.05, 4.69) is 25.7 Å². The van der Waals surface area contributed by atoms with Gasteiger partial charge in [0.15, 0.2) is 17.6 Å². The van der Waals surface area contributed by atoms with Gasteiger partial charge in [-0.1, -0.05) is 20.8 Å². The van der Waals surface area contributed by atoms with Crippen LogP contribution < -0.4 is 9.47 Å². The number of aliphatic hydroxyl groups excluding tert-OH is 2.